The Morgan fingerprint density at radius 3 is 2.25 bits per heavy atom. The standard InChI is InChI=1S/C14H30N2/c1-4-10-16(11-7-13(2)3)14(12-15)8-5-6-9-14/h13H,4-12,15H2,1-3H3. The molecule has 0 aromatic rings. The first-order valence-corrected chi connectivity index (χ1v) is 7.10. The molecule has 0 aromatic heterocycles. The minimum Gasteiger partial charge on any atom is -0.329 e. The van der Waals surface area contributed by atoms with Crippen LogP contribution < -0.4 is 5.73 Å². The van der Waals surface area contributed by atoms with Crippen molar-refractivity contribution in [2.45, 2.75) is 64.8 Å². The molecule has 1 rings (SSSR count). The van der Waals surface area contributed by atoms with E-state index >= 15 is 0 Å². The van der Waals surface area contributed by atoms with E-state index in [4.69, 9.17) is 5.73 Å². The fraction of sp³-hybridized carbons (Fsp3) is 1.00. The quantitative estimate of drug-likeness (QED) is 0.723. The molecule has 0 unspecified atom stereocenters. The lowest BCUT2D eigenvalue weighted by molar-refractivity contribution is 0.0930. The molecule has 0 amide bonds. The van der Waals surface area contributed by atoms with Gasteiger partial charge in [0.05, 0.1) is 0 Å². The van der Waals surface area contributed by atoms with Crippen LogP contribution in [0.1, 0.15) is 59.3 Å². The molecule has 1 aliphatic carbocycles. The van der Waals surface area contributed by atoms with Crippen molar-refractivity contribution in [2.24, 2.45) is 11.7 Å². The van der Waals surface area contributed by atoms with E-state index in [9.17, 15) is 0 Å². The third kappa shape index (κ3) is 3.46. The zero-order chi connectivity index (χ0) is 12.0. The van der Waals surface area contributed by atoms with E-state index in [-0.39, 0.29) is 0 Å². The normalized spacial score (nSPS) is 19.9. The number of hydrogen-bond donors (Lipinski definition) is 1. The smallest absolute Gasteiger partial charge is 0.0331 e. The van der Waals surface area contributed by atoms with Crippen LogP contribution in [-0.4, -0.2) is 30.1 Å². The maximum absolute atomic E-state index is 6.06. The van der Waals surface area contributed by atoms with Crippen LogP contribution in [0, 0.1) is 5.92 Å². The van der Waals surface area contributed by atoms with Gasteiger partial charge in [0, 0.05) is 12.1 Å². The Balaban J connectivity index is 2.58. The number of nitrogens with zero attached hydrogens (tertiary/aromatic N) is 1. The predicted octanol–water partition coefficient (Wildman–Crippen LogP) is 3.02. The van der Waals surface area contributed by atoms with Crippen LogP contribution in [0.5, 0.6) is 0 Å². The molecular formula is C14H30N2. The second kappa shape index (κ2) is 6.61. The maximum atomic E-state index is 6.06. The zero-order valence-corrected chi connectivity index (χ0v) is 11.5. The Kier molecular flexibility index (Phi) is 5.77. The lowest BCUT2D eigenvalue weighted by Gasteiger charge is -2.41. The van der Waals surface area contributed by atoms with Gasteiger partial charge in [-0.15, -0.1) is 0 Å². The Bertz CT molecular complexity index is 183. The predicted molar refractivity (Wildman–Crippen MR) is 71.6 cm³/mol. The van der Waals surface area contributed by atoms with Crippen LogP contribution in [0.4, 0.5) is 0 Å². The molecular weight excluding hydrogens is 196 g/mol. The summed E-state index contributed by atoms with van der Waals surface area (Å²) in [5.41, 5.74) is 6.42. The highest BCUT2D eigenvalue weighted by atomic mass is 15.2. The molecule has 16 heavy (non-hydrogen) atoms. The van der Waals surface area contributed by atoms with Crippen LogP contribution >= 0.6 is 0 Å². The number of nitrogens with two attached hydrogens (primary N) is 1. The van der Waals surface area contributed by atoms with E-state index in [1.807, 2.05) is 0 Å². The molecule has 0 atom stereocenters. The minimum absolute atomic E-state index is 0.352. The molecule has 0 saturated heterocycles. The molecule has 1 fully saturated rings. The van der Waals surface area contributed by atoms with Crippen molar-refractivity contribution in [1.82, 2.24) is 4.90 Å². The van der Waals surface area contributed by atoms with Gasteiger partial charge < -0.3 is 5.73 Å². The Morgan fingerprint density at radius 2 is 1.81 bits per heavy atom. The largest absolute Gasteiger partial charge is 0.329 e. The lowest BCUT2D eigenvalue weighted by atomic mass is 9.94. The van der Waals surface area contributed by atoms with Crippen molar-refractivity contribution in [3.05, 3.63) is 0 Å². The molecule has 0 radical (unpaired) electrons. The first kappa shape index (κ1) is 14.0. The van der Waals surface area contributed by atoms with Crippen LogP contribution in [0.3, 0.4) is 0 Å². The van der Waals surface area contributed by atoms with Gasteiger partial charge in [0.1, 0.15) is 0 Å². The fourth-order valence-electron chi connectivity index (χ4n) is 2.95. The average molecular weight is 226 g/mol. The van der Waals surface area contributed by atoms with Crippen LogP contribution in [0.15, 0.2) is 0 Å². The lowest BCUT2D eigenvalue weighted by Crippen LogP contribution is -2.52. The van der Waals surface area contributed by atoms with Crippen LogP contribution in [0.2, 0.25) is 0 Å². The summed E-state index contributed by atoms with van der Waals surface area (Å²) in [5.74, 6) is 0.801. The monoisotopic (exact) mass is 226 g/mol. The highest BCUT2D eigenvalue weighted by Crippen LogP contribution is 2.34. The third-order valence-corrected chi connectivity index (χ3v) is 4.05. The van der Waals surface area contributed by atoms with E-state index in [1.165, 1.54) is 51.6 Å². The van der Waals surface area contributed by atoms with Gasteiger partial charge in [-0.2, -0.15) is 0 Å². The Labute approximate surface area is 102 Å². The number of rotatable bonds is 7. The van der Waals surface area contributed by atoms with Crippen LogP contribution in [-0.2, 0) is 0 Å². The summed E-state index contributed by atoms with van der Waals surface area (Å²) in [6.45, 7) is 10.2. The summed E-state index contributed by atoms with van der Waals surface area (Å²) in [6.07, 6.45) is 7.95. The SMILES string of the molecule is CCCN(CCC(C)C)C1(CN)CCCC1. The second-order valence-corrected chi connectivity index (χ2v) is 5.81. The summed E-state index contributed by atoms with van der Waals surface area (Å²) in [5, 5.41) is 0. The molecule has 0 aliphatic heterocycles. The van der Waals surface area contributed by atoms with Crippen molar-refractivity contribution in [2.75, 3.05) is 19.6 Å². The van der Waals surface area contributed by atoms with Gasteiger partial charge in [-0.05, 0) is 44.7 Å². The summed E-state index contributed by atoms with van der Waals surface area (Å²) in [4.78, 5) is 2.69. The average Bonchev–Trinajstić information content (AvgIpc) is 2.73. The van der Waals surface area contributed by atoms with E-state index < -0.39 is 0 Å². The van der Waals surface area contributed by atoms with E-state index in [0.717, 1.165) is 12.5 Å². The Morgan fingerprint density at radius 1 is 1.19 bits per heavy atom. The minimum atomic E-state index is 0.352. The summed E-state index contributed by atoms with van der Waals surface area (Å²) in [6, 6.07) is 0. The summed E-state index contributed by atoms with van der Waals surface area (Å²) in [7, 11) is 0. The molecule has 0 spiro atoms. The molecule has 1 aliphatic rings. The van der Waals surface area contributed by atoms with Gasteiger partial charge in [-0.1, -0.05) is 33.6 Å². The summed E-state index contributed by atoms with van der Waals surface area (Å²) < 4.78 is 0. The molecule has 0 aromatic carbocycles. The highest BCUT2D eigenvalue weighted by Gasteiger charge is 2.37. The molecule has 96 valence electrons. The molecule has 2 heteroatoms. The van der Waals surface area contributed by atoms with Gasteiger partial charge in [0.2, 0.25) is 0 Å². The third-order valence-electron chi connectivity index (χ3n) is 4.05. The maximum Gasteiger partial charge on any atom is 0.0331 e. The van der Waals surface area contributed by atoms with E-state index in [0.29, 0.717) is 5.54 Å². The first-order chi connectivity index (χ1) is 7.64. The molecule has 0 heterocycles. The van der Waals surface area contributed by atoms with Crippen molar-refractivity contribution >= 4 is 0 Å². The second-order valence-electron chi connectivity index (χ2n) is 5.81. The van der Waals surface area contributed by atoms with Crippen molar-refractivity contribution in [1.29, 1.82) is 0 Å². The van der Waals surface area contributed by atoms with Gasteiger partial charge in [-0.3, -0.25) is 4.90 Å². The molecule has 1 saturated carbocycles. The first-order valence-electron chi connectivity index (χ1n) is 7.10. The Hall–Kier alpha value is -0.0800. The van der Waals surface area contributed by atoms with E-state index in [2.05, 4.69) is 25.7 Å². The zero-order valence-electron chi connectivity index (χ0n) is 11.5. The highest BCUT2D eigenvalue weighted by molar-refractivity contribution is 4.95. The summed E-state index contributed by atoms with van der Waals surface area (Å²) >= 11 is 0. The van der Waals surface area contributed by atoms with Gasteiger partial charge in [0.25, 0.3) is 0 Å². The van der Waals surface area contributed by atoms with Gasteiger partial charge in [-0.25, -0.2) is 0 Å². The van der Waals surface area contributed by atoms with Crippen molar-refractivity contribution in [3.63, 3.8) is 0 Å². The van der Waals surface area contributed by atoms with Gasteiger partial charge in [0.15, 0.2) is 0 Å². The fourth-order valence-corrected chi connectivity index (χ4v) is 2.95. The van der Waals surface area contributed by atoms with Crippen molar-refractivity contribution in [3.8, 4) is 0 Å². The van der Waals surface area contributed by atoms with Gasteiger partial charge >= 0.3 is 0 Å². The molecule has 2 nitrogen and oxygen atoms in total. The van der Waals surface area contributed by atoms with Crippen LogP contribution in [0.25, 0.3) is 0 Å². The topological polar surface area (TPSA) is 29.3 Å². The number of hydrogen-bond acceptors (Lipinski definition) is 2. The van der Waals surface area contributed by atoms with E-state index in [1.54, 1.807) is 0 Å². The molecule has 0 bridgehead atoms. The molecule has 2 N–H and O–H groups in total. The van der Waals surface area contributed by atoms with Crippen molar-refractivity contribution < 1.29 is 0 Å².